The Kier molecular flexibility index (Phi) is 4.55. The van der Waals surface area contributed by atoms with E-state index in [0.29, 0.717) is 6.54 Å². The average molecular weight is 253 g/mol. The second-order valence-corrected chi connectivity index (χ2v) is 4.50. The number of carbonyl (C=O) groups excluding carboxylic acids is 1. The molecule has 0 saturated heterocycles. The van der Waals surface area contributed by atoms with E-state index in [9.17, 15) is 9.90 Å². The van der Waals surface area contributed by atoms with Crippen LogP contribution in [0.25, 0.3) is 0 Å². The predicted molar refractivity (Wildman–Crippen MR) is 68.1 cm³/mol. The van der Waals surface area contributed by atoms with Gasteiger partial charge in [-0.25, -0.2) is 0 Å². The number of rotatable bonds is 5. The second-order valence-electron chi connectivity index (χ2n) is 4.50. The maximum atomic E-state index is 11.9. The molecule has 0 bridgehead atoms. The summed E-state index contributed by atoms with van der Waals surface area (Å²) in [4.78, 5) is 11.9. The third kappa shape index (κ3) is 3.37. The zero-order valence-corrected chi connectivity index (χ0v) is 11.1. The molecule has 0 spiro atoms. The van der Waals surface area contributed by atoms with Crippen LogP contribution in [0.15, 0.2) is 18.2 Å². The molecule has 1 aromatic rings. The lowest BCUT2D eigenvalue weighted by molar-refractivity contribution is 0.0228. The number of methoxy groups -OCH3 is 2. The highest BCUT2D eigenvalue weighted by Crippen LogP contribution is 2.29. The highest BCUT2D eigenvalue weighted by Gasteiger charge is 2.20. The monoisotopic (exact) mass is 253 g/mol. The molecule has 0 aliphatic rings. The van der Waals surface area contributed by atoms with E-state index < -0.39 is 5.60 Å². The first-order chi connectivity index (χ1) is 8.41. The largest absolute Gasteiger partial charge is 0.504 e. The quantitative estimate of drug-likeness (QED) is 0.835. The van der Waals surface area contributed by atoms with Crippen LogP contribution in [0.1, 0.15) is 24.2 Å². The van der Waals surface area contributed by atoms with Crippen molar-refractivity contribution in [2.24, 2.45) is 0 Å². The first-order valence-electron chi connectivity index (χ1n) is 5.60. The van der Waals surface area contributed by atoms with Gasteiger partial charge in [-0.1, -0.05) is 6.07 Å². The fourth-order valence-corrected chi connectivity index (χ4v) is 1.33. The standard InChI is InChI=1S/C13H19NO4/c1-13(2,18-4)8-14-12(16)9-6-5-7-10(17-3)11(9)15/h5-7,15H,8H2,1-4H3,(H,14,16). The summed E-state index contributed by atoms with van der Waals surface area (Å²) in [5.74, 6) is -0.252. The number of ether oxygens (including phenoxy) is 2. The highest BCUT2D eigenvalue weighted by molar-refractivity contribution is 5.97. The van der Waals surface area contributed by atoms with E-state index in [1.807, 2.05) is 13.8 Å². The molecule has 100 valence electrons. The fraction of sp³-hybridized carbons (Fsp3) is 0.462. The Hall–Kier alpha value is -1.75. The van der Waals surface area contributed by atoms with Crippen molar-refractivity contribution in [1.29, 1.82) is 0 Å². The molecule has 2 N–H and O–H groups in total. The van der Waals surface area contributed by atoms with Crippen LogP contribution in [0.5, 0.6) is 11.5 Å². The average Bonchev–Trinajstić information content (AvgIpc) is 2.36. The minimum Gasteiger partial charge on any atom is -0.504 e. The van der Waals surface area contributed by atoms with Crippen molar-refractivity contribution in [3.05, 3.63) is 23.8 Å². The van der Waals surface area contributed by atoms with Crippen molar-refractivity contribution in [3.63, 3.8) is 0 Å². The molecule has 5 heteroatoms. The Labute approximate surface area is 107 Å². The van der Waals surface area contributed by atoms with Crippen LogP contribution in [0.3, 0.4) is 0 Å². The summed E-state index contributed by atoms with van der Waals surface area (Å²) >= 11 is 0. The molecular formula is C13H19NO4. The van der Waals surface area contributed by atoms with E-state index >= 15 is 0 Å². The second kappa shape index (κ2) is 5.73. The van der Waals surface area contributed by atoms with Gasteiger partial charge in [0.05, 0.1) is 18.3 Å². The van der Waals surface area contributed by atoms with Crippen LogP contribution < -0.4 is 10.1 Å². The molecule has 0 atom stereocenters. The molecule has 1 rings (SSSR count). The van der Waals surface area contributed by atoms with Crippen molar-refractivity contribution >= 4 is 5.91 Å². The Balaban J connectivity index is 2.79. The number of hydrogen-bond acceptors (Lipinski definition) is 4. The summed E-state index contributed by atoms with van der Waals surface area (Å²) < 4.78 is 10.1. The van der Waals surface area contributed by atoms with Crippen LogP contribution in [-0.4, -0.2) is 37.4 Å². The number of amides is 1. The molecular weight excluding hydrogens is 234 g/mol. The van der Waals surface area contributed by atoms with E-state index in [0.717, 1.165) is 0 Å². The van der Waals surface area contributed by atoms with Gasteiger partial charge in [-0.15, -0.1) is 0 Å². The van der Waals surface area contributed by atoms with Crippen molar-refractivity contribution < 1.29 is 19.4 Å². The molecule has 5 nitrogen and oxygen atoms in total. The molecule has 18 heavy (non-hydrogen) atoms. The van der Waals surface area contributed by atoms with Gasteiger partial charge in [0.2, 0.25) is 0 Å². The zero-order chi connectivity index (χ0) is 13.8. The van der Waals surface area contributed by atoms with Crippen molar-refractivity contribution in [2.45, 2.75) is 19.4 Å². The maximum absolute atomic E-state index is 11.9. The number of phenolic OH excluding ortho intramolecular Hbond substituents is 1. The van der Waals surface area contributed by atoms with Gasteiger partial charge < -0.3 is 19.9 Å². The highest BCUT2D eigenvalue weighted by atomic mass is 16.5. The molecule has 0 aliphatic carbocycles. The Morgan fingerprint density at radius 3 is 2.61 bits per heavy atom. The fourth-order valence-electron chi connectivity index (χ4n) is 1.33. The summed E-state index contributed by atoms with van der Waals surface area (Å²) in [6, 6.07) is 4.77. The van der Waals surface area contributed by atoms with E-state index in [2.05, 4.69) is 5.32 Å². The maximum Gasteiger partial charge on any atom is 0.255 e. The van der Waals surface area contributed by atoms with Gasteiger partial charge in [0, 0.05) is 13.7 Å². The molecule has 1 aromatic carbocycles. The minimum atomic E-state index is -0.454. The molecule has 0 fully saturated rings. The SMILES string of the molecule is COc1cccc(C(=O)NCC(C)(C)OC)c1O. The number of phenols is 1. The number of hydrogen-bond donors (Lipinski definition) is 2. The molecule has 0 unspecified atom stereocenters. The van der Waals surface area contributed by atoms with Crippen molar-refractivity contribution in [3.8, 4) is 11.5 Å². The van der Waals surface area contributed by atoms with Gasteiger partial charge in [0.25, 0.3) is 5.91 Å². The topological polar surface area (TPSA) is 67.8 Å². The molecule has 0 radical (unpaired) electrons. The van der Waals surface area contributed by atoms with Crippen LogP contribution in [0.4, 0.5) is 0 Å². The van der Waals surface area contributed by atoms with Crippen LogP contribution in [0.2, 0.25) is 0 Å². The van der Waals surface area contributed by atoms with Crippen LogP contribution in [0, 0.1) is 0 Å². The summed E-state index contributed by atoms with van der Waals surface area (Å²) in [6.45, 7) is 4.07. The third-order valence-corrected chi connectivity index (χ3v) is 2.69. The minimum absolute atomic E-state index is 0.160. The lowest BCUT2D eigenvalue weighted by atomic mass is 10.1. The summed E-state index contributed by atoms with van der Waals surface area (Å²) in [7, 11) is 3.01. The van der Waals surface area contributed by atoms with Crippen molar-refractivity contribution in [2.75, 3.05) is 20.8 Å². The Bertz CT molecular complexity index is 429. The zero-order valence-electron chi connectivity index (χ0n) is 11.1. The first-order valence-corrected chi connectivity index (χ1v) is 5.60. The van der Waals surface area contributed by atoms with Gasteiger partial charge in [0.15, 0.2) is 11.5 Å². The predicted octanol–water partition coefficient (Wildman–Crippen LogP) is 1.56. The number of carbonyl (C=O) groups is 1. The van der Waals surface area contributed by atoms with Crippen LogP contribution in [-0.2, 0) is 4.74 Å². The summed E-state index contributed by atoms with van der Waals surface area (Å²) in [5, 5.41) is 12.5. The van der Waals surface area contributed by atoms with E-state index in [1.165, 1.54) is 13.2 Å². The number of aromatic hydroxyl groups is 1. The normalized spacial score (nSPS) is 11.1. The van der Waals surface area contributed by atoms with Crippen molar-refractivity contribution in [1.82, 2.24) is 5.32 Å². The molecule has 1 amide bonds. The Morgan fingerprint density at radius 1 is 1.39 bits per heavy atom. The summed E-state index contributed by atoms with van der Waals surface area (Å²) in [6.07, 6.45) is 0. The first kappa shape index (κ1) is 14.3. The molecule has 0 saturated carbocycles. The van der Waals surface area contributed by atoms with Crippen LogP contribution >= 0.6 is 0 Å². The van der Waals surface area contributed by atoms with Gasteiger partial charge >= 0.3 is 0 Å². The van der Waals surface area contributed by atoms with Gasteiger partial charge in [0.1, 0.15) is 0 Å². The van der Waals surface area contributed by atoms with E-state index in [4.69, 9.17) is 9.47 Å². The lowest BCUT2D eigenvalue weighted by Gasteiger charge is -2.23. The third-order valence-electron chi connectivity index (χ3n) is 2.69. The molecule has 0 aliphatic heterocycles. The van der Waals surface area contributed by atoms with Gasteiger partial charge in [-0.2, -0.15) is 0 Å². The number of benzene rings is 1. The smallest absolute Gasteiger partial charge is 0.255 e. The van der Waals surface area contributed by atoms with Gasteiger partial charge in [-0.05, 0) is 26.0 Å². The van der Waals surface area contributed by atoms with E-state index in [1.54, 1.807) is 19.2 Å². The number of nitrogens with one attached hydrogen (secondary N) is 1. The van der Waals surface area contributed by atoms with E-state index in [-0.39, 0.29) is 23.0 Å². The molecule has 0 heterocycles. The van der Waals surface area contributed by atoms with Gasteiger partial charge in [-0.3, -0.25) is 4.79 Å². The Morgan fingerprint density at radius 2 is 2.06 bits per heavy atom. The molecule has 0 aromatic heterocycles. The lowest BCUT2D eigenvalue weighted by Crippen LogP contribution is -2.39. The number of para-hydroxylation sites is 1. The summed E-state index contributed by atoms with van der Waals surface area (Å²) in [5.41, 5.74) is -0.273.